The molecule has 0 aromatic heterocycles. The van der Waals surface area contributed by atoms with Gasteiger partial charge in [0.1, 0.15) is 6.10 Å². The van der Waals surface area contributed by atoms with Crippen molar-refractivity contribution in [3.63, 3.8) is 0 Å². The number of aliphatic hydroxyl groups excluding tert-OH is 2. The molecule has 2 aliphatic rings. The van der Waals surface area contributed by atoms with Gasteiger partial charge in [0.2, 0.25) is 0 Å². The van der Waals surface area contributed by atoms with E-state index in [-0.39, 0.29) is 24.5 Å². The van der Waals surface area contributed by atoms with Gasteiger partial charge >= 0.3 is 13.5 Å². The molecular formula is C17H21N4O8P. The van der Waals surface area contributed by atoms with Crippen LogP contribution in [0.3, 0.4) is 0 Å². The van der Waals surface area contributed by atoms with E-state index < -0.39 is 37.9 Å². The van der Waals surface area contributed by atoms with E-state index in [1.54, 1.807) is 10.6 Å². The minimum absolute atomic E-state index is 0.0210. The van der Waals surface area contributed by atoms with Gasteiger partial charge < -0.3 is 24.6 Å². The van der Waals surface area contributed by atoms with Crippen LogP contribution in [0.1, 0.15) is 17.5 Å². The van der Waals surface area contributed by atoms with Gasteiger partial charge in [-0.2, -0.15) is 4.98 Å². The third kappa shape index (κ3) is 4.81. The Labute approximate surface area is 169 Å². The quantitative estimate of drug-likeness (QED) is 0.235. The van der Waals surface area contributed by atoms with Gasteiger partial charge in [-0.05, 0) is 43.5 Å². The van der Waals surface area contributed by atoms with Crippen LogP contribution in [-0.4, -0.2) is 58.3 Å². The molecule has 0 fully saturated rings. The number of hydrogen-bond donors (Lipinski definition) is 5. The molecule has 12 nitrogen and oxygen atoms in total. The lowest BCUT2D eigenvalue weighted by molar-refractivity contribution is -0.0187. The molecule has 1 aromatic carbocycles. The average molecular weight is 440 g/mol. The van der Waals surface area contributed by atoms with Crippen molar-refractivity contribution >= 4 is 18.9 Å². The molecular weight excluding hydrogens is 419 g/mol. The van der Waals surface area contributed by atoms with Gasteiger partial charge in [-0.3, -0.25) is 14.3 Å². The summed E-state index contributed by atoms with van der Waals surface area (Å²) in [4.78, 5) is 51.6. The SMILES string of the molecule is Cc1cc2nc3c(=O)[nH]c(=O)nc-3n(CC[C@@H](O)[C@@H](O)COP(=O)(O)O)c2cc1C. The highest BCUT2D eigenvalue weighted by atomic mass is 31.2. The van der Waals surface area contributed by atoms with Crippen LogP contribution < -0.4 is 11.2 Å². The summed E-state index contributed by atoms with van der Waals surface area (Å²) in [6, 6.07) is 3.59. The molecule has 0 aliphatic carbocycles. The number of H-pyrrole nitrogens is 1. The number of fused-ring (bicyclic) bond motifs is 2. The highest BCUT2D eigenvalue weighted by Gasteiger charge is 2.24. The van der Waals surface area contributed by atoms with Crippen LogP contribution in [-0.2, 0) is 15.6 Å². The number of phosphoric acid groups is 1. The smallest absolute Gasteiger partial charge is 0.390 e. The molecule has 2 atom stereocenters. The molecule has 0 amide bonds. The van der Waals surface area contributed by atoms with Crippen LogP contribution in [0.5, 0.6) is 0 Å². The maximum atomic E-state index is 12.2. The molecule has 162 valence electrons. The summed E-state index contributed by atoms with van der Waals surface area (Å²) in [6.45, 7) is 3.03. The number of hydrogen-bond acceptors (Lipinski definition) is 8. The van der Waals surface area contributed by atoms with E-state index >= 15 is 0 Å². The van der Waals surface area contributed by atoms with E-state index in [9.17, 15) is 24.4 Å². The third-order valence-electron chi connectivity index (χ3n) is 4.73. The van der Waals surface area contributed by atoms with Crippen LogP contribution in [0, 0.1) is 13.8 Å². The summed E-state index contributed by atoms with van der Waals surface area (Å²) in [5.74, 6) is 0.0210. The topological polar surface area (TPSA) is 188 Å². The zero-order valence-electron chi connectivity index (χ0n) is 16.1. The highest BCUT2D eigenvalue weighted by molar-refractivity contribution is 7.46. The monoisotopic (exact) mass is 440 g/mol. The van der Waals surface area contributed by atoms with E-state index in [1.165, 1.54) is 0 Å². The number of aromatic amines is 1. The molecule has 5 N–H and O–H groups in total. The fourth-order valence-corrected chi connectivity index (χ4v) is 3.36. The van der Waals surface area contributed by atoms with Gasteiger partial charge in [-0.15, -0.1) is 0 Å². The van der Waals surface area contributed by atoms with Gasteiger partial charge in [0.15, 0.2) is 11.5 Å². The molecule has 0 saturated carbocycles. The second-order valence-corrected chi connectivity index (χ2v) is 8.18. The number of aliphatic hydroxyl groups is 2. The number of nitrogens with one attached hydrogen (secondary N) is 1. The van der Waals surface area contributed by atoms with Gasteiger partial charge in [0, 0.05) is 6.54 Å². The zero-order chi connectivity index (χ0) is 22.2. The van der Waals surface area contributed by atoms with Crippen molar-refractivity contribution in [2.45, 2.75) is 39.0 Å². The van der Waals surface area contributed by atoms with E-state index in [2.05, 4.69) is 19.5 Å². The fraction of sp³-hybridized carbons (Fsp3) is 0.412. The molecule has 2 heterocycles. The predicted molar refractivity (Wildman–Crippen MR) is 105 cm³/mol. The summed E-state index contributed by atoms with van der Waals surface area (Å²) in [7, 11) is -4.79. The number of aryl methyl sites for hydroxylation is 3. The molecule has 0 radical (unpaired) electrons. The Morgan fingerprint density at radius 2 is 1.80 bits per heavy atom. The third-order valence-corrected chi connectivity index (χ3v) is 5.22. The maximum Gasteiger partial charge on any atom is 0.469 e. The van der Waals surface area contributed by atoms with E-state index in [4.69, 9.17) is 9.79 Å². The number of aromatic nitrogens is 4. The van der Waals surface area contributed by atoms with Crippen molar-refractivity contribution in [2.24, 2.45) is 0 Å². The van der Waals surface area contributed by atoms with Crippen molar-refractivity contribution in [1.29, 1.82) is 0 Å². The largest absolute Gasteiger partial charge is 0.469 e. The second-order valence-electron chi connectivity index (χ2n) is 6.94. The predicted octanol–water partition coefficient (Wildman–Crippen LogP) is -0.577. The van der Waals surface area contributed by atoms with Crippen LogP contribution in [0.2, 0.25) is 0 Å². The molecule has 0 spiro atoms. The lowest BCUT2D eigenvalue weighted by Crippen LogP contribution is -2.32. The first kappa shape index (κ1) is 22.2. The average Bonchev–Trinajstić information content (AvgIpc) is 2.64. The second kappa shape index (κ2) is 8.34. The molecule has 1 aromatic rings. The van der Waals surface area contributed by atoms with Crippen LogP contribution in [0.25, 0.3) is 22.6 Å². The van der Waals surface area contributed by atoms with Crippen LogP contribution in [0.4, 0.5) is 0 Å². The first-order valence-corrected chi connectivity index (χ1v) is 10.5. The summed E-state index contributed by atoms with van der Waals surface area (Å²) in [5.41, 5.74) is 1.32. The Morgan fingerprint density at radius 3 is 2.47 bits per heavy atom. The van der Waals surface area contributed by atoms with Gasteiger partial charge in [0.05, 0.1) is 23.7 Å². The molecule has 30 heavy (non-hydrogen) atoms. The standard InChI is InChI=1S/C17H21N4O8P/c1-8-5-10-11(6-9(8)2)21(15-14(18-10)16(24)20-17(25)19-15)4-3-12(22)13(23)7-29-30(26,27)28/h5-6,12-13,22-23H,3-4,7H2,1-2H3,(H,20,24,25)(H2,26,27,28)/t12-,13+/m1/s1. The Bertz CT molecular complexity index is 1220. The van der Waals surface area contributed by atoms with Crippen molar-refractivity contribution in [3.8, 4) is 11.5 Å². The minimum Gasteiger partial charge on any atom is -0.390 e. The lowest BCUT2D eigenvalue weighted by Gasteiger charge is -2.21. The fourth-order valence-electron chi connectivity index (χ4n) is 3.01. The molecule has 0 unspecified atom stereocenters. The number of phosphoric ester groups is 1. The van der Waals surface area contributed by atoms with Crippen molar-refractivity contribution < 1.29 is 29.1 Å². The summed E-state index contributed by atoms with van der Waals surface area (Å²) in [6.07, 6.45) is -3.05. The molecule has 0 bridgehead atoms. The first-order chi connectivity index (χ1) is 14.0. The molecule has 2 aliphatic heterocycles. The van der Waals surface area contributed by atoms with Gasteiger partial charge in [-0.25, -0.2) is 14.3 Å². The Kier molecular flexibility index (Phi) is 6.18. The first-order valence-electron chi connectivity index (χ1n) is 8.94. The maximum absolute atomic E-state index is 12.2. The lowest BCUT2D eigenvalue weighted by atomic mass is 10.1. The normalized spacial score (nSPS) is 14.3. The van der Waals surface area contributed by atoms with Gasteiger partial charge in [-0.1, -0.05) is 0 Å². The summed E-state index contributed by atoms with van der Waals surface area (Å²) in [5, 5.41) is 20.1. The minimum atomic E-state index is -4.79. The zero-order valence-corrected chi connectivity index (χ0v) is 17.0. The molecule has 3 rings (SSSR count). The Hall–Kier alpha value is -2.47. The van der Waals surface area contributed by atoms with Crippen molar-refractivity contribution in [2.75, 3.05) is 6.61 Å². The number of nitrogens with zero attached hydrogens (tertiary/aromatic N) is 3. The summed E-state index contributed by atoms with van der Waals surface area (Å²) >= 11 is 0. The van der Waals surface area contributed by atoms with E-state index in [1.807, 2.05) is 19.9 Å². The van der Waals surface area contributed by atoms with Crippen LogP contribution >= 0.6 is 7.82 Å². The van der Waals surface area contributed by atoms with Crippen LogP contribution in [0.15, 0.2) is 21.7 Å². The van der Waals surface area contributed by atoms with Crippen molar-refractivity contribution in [3.05, 3.63) is 44.1 Å². The molecule has 0 saturated heterocycles. The summed E-state index contributed by atoms with van der Waals surface area (Å²) < 4.78 is 16.5. The number of benzene rings is 1. The van der Waals surface area contributed by atoms with Crippen molar-refractivity contribution in [1.82, 2.24) is 19.5 Å². The Morgan fingerprint density at radius 1 is 1.13 bits per heavy atom. The van der Waals surface area contributed by atoms with E-state index in [0.717, 1.165) is 11.1 Å². The van der Waals surface area contributed by atoms with Gasteiger partial charge in [0.25, 0.3) is 5.56 Å². The highest BCUT2D eigenvalue weighted by Crippen LogP contribution is 2.36. The Balaban J connectivity index is 2.00. The molecule has 13 heteroatoms. The van der Waals surface area contributed by atoms with E-state index in [0.29, 0.717) is 11.0 Å². The number of rotatable bonds is 7.